The minimum atomic E-state index is 0.415. The van der Waals surface area contributed by atoms with Gasteiger partial charge in [-0.25, -0.2) is 0 Å². The third-order valence-electron chi connectivity index (χ3n) is 3.47. The summed E-state index contributed by atoms with van der Waals surface area (Å²) >= 11 is 5.49. The smallest absolute Gasteiger partial charge is 0.0838 e. The fourth-order valence-electron chi connectivity index (χ4n) is 2.40. The molecule has 0 aromatic heterocycles. The highest BCUT2D eigenvalue weighted by atomic mass is 32.1. The van der Waals surface area contributed by atoms with Crippen LogP contribution in [0.15, 0.2) is 30.3 Å². The van der Waals surface area contributed by atoms with Gasteiger partial charge in [0.2, 0.25) is 0 Å². The van der Waals surface area contributed by atoms with Crippen molar-refractivity contribution in [2.75, 3.05) is 25.0 Å². The van der Waals surface area contributed by atoms with Crippen LogP contribution in [0.5, 0.6) is 0 Å². The Morgan fingerprint density at radius 3 is 2.56 bits per heavy atom. The van der Waals surface area contributed by atoms with Gasteiger partial charge in [-0.3, -0.25) is 0 Å². The lowest BCUT2D eigenvalue weighted by molar-refractivity contribution is 0.217. The summed E-state index contributed by atoms with van der Waals surface area (Å²) in [5.41, 5.74) is 1.09. The van der Waals surface area contributed by atoms with E-state index in [4.69, 9.17) is 12.2 Å². The van der Waals surface area contributed by atoms with Gasteiger partial charge in [0.15, 0.2) is 0 Å². The number of hydrogen-bond donors (Lipinski definition) is 1. The minimum absolute atomic E-state index is 0.415. The highest BCUT2D eigenvalue weighted by Gasteiger charge is 2.16. The van der Waals surface area contributed by atoms with E-state index < -0.39 is 0 Å². The predicted molar refractivity (Wildman–Crippen MR) is 82.1 cm³/mol. The van der Waals surface area contributed by atoms with Crippen molar-refractivity contribution >= 4 is 22.9 Å². The maximum Gasteiger partial charge on any atom is 0.0838 e. The highest BCUT2D eigenvalue weighted by Crippen LogP contribution is 2.13. The molecule has 1 unspecified atom stereocenters. The number of para-hydroxylation sites is 1. The van der Waals surface area contributed by atoms with E-state index in [0.29, 0.717) is 5.92 Å². The molecular formula is C15H22N2S. The van der Waals surface area contributed by atoms with Crippen molar-refractivity contribution in [1.82, 2.24) is 4.90 Å². The zero-order valence-electron chi connectivity index (χ0n) is 11.1. The molecule has 1 aliphatic heterocycles. The molecule has 1 atom stereocenters. The molecule has 2 rings (SSSR count). The fourth-order valence-corrected chi connectivity index (χ4v) is 2.59. The minimum Gasteiger partial charge on any atom is -0.350 e. The van der Waals surface area contributed by atoms with Gasteiger partial charge < -0.3 is 10.2 Å². The van der Waals surface area contributed by atoms with Gasteiger partial charge in [-0.1, -0.05) is 43.8 Å². The first-order valence-corrected chi connectivity index (χ1v) is 7.25. The van der Waals surface area contributed by atoms with Gasteiger partial charge in [-0.2, -0.15) is 0 Å². The van der Waals surface area contributed by atoms with Crippen LogP contribution in [0.4, 0.5) is 5.69 Å². The van der Waals surface area contributed by atoms with E-state index in [9.17, 15) is 0 Å². The third kappa shape index (κ3) is 4.07. The van der Waals surface area contributed by atoms with E-state index in [1.54, 1.807) is 0 Å². The van der Waals surface area contributed by atoms with Crippen molar-refractivity contribution in [3.8, 4) is 0 Å². The molecule has 0 amide bonds. The summed E-state index contributed by atoms with van der Waals surface area (Å²) in [6.45, 7) is 5.77. The lowest BCUT2D eigenvalue weighted by Gasteiger charge is -2.29. The molecular weight excluding hydrogens is 240 g/mol. The van der Waals surface area contributed by atoms with Crippen molar-refractivity contribution in [3.05, 3.63) is 30.3 Å². The monoisotopic (exact) mass is 262 g/mol. The van der Waals surface area contributed by atoms with Gasteiger partial charge >= 0.3 is 0 Å². The lowest BCUT2D eigenvalue weighted by atomic mass is 10.1. The number of nitrogens with one attached hydrogen (secondary N) is 1. The van der Waals surface area contributed by atoms with Crippen LogP contribution < -0.4 is 5.32 Å². The summed E-state index contributed by atoms with van der Waals surface area (Å²) < 4.78 is 0. The molecule has 0 aliphatic carbocycles. The summed E-state index contributed by atoms with van der Waals surface area (Å²) in [6, 6.07) is 10.2. The standard InChI is InChI=1S/C15H22N2S/c1-13(12-17-10-6-3-7-11-17)15(18)16-14-8-4-2-5-9-14/h2,4-5,8-9,13H,3,6-7,10-12H2,1H3,(H,16,18). The summed E-state index contributed by atoms with van der Waals surface area (Å²) in [5.74, 6) is 0.415. The Bertz CT molecular complexity index is 371. The first kappa shape index (κ1) is 13.5. The molecule has 1 aromatic carbocycles. The third-order valence-corrected chi connectivity index (χ3v) is 3.97. The summed E-state index contributed by atoms with van der Waals surface area (Å²) in [5, 5.41) is 3.34. The van der Waals surface area contributed by atoms with Crippen LogP contribution in [0.3, 0.4) is 0 Å². The van der Waals surface area contributed by atoms with Gasteiger partial charge in [-0.05, 0) is 38.1 Å². The average molecular weight is 262 g/mol. The lowest BCUT2D eigenvalue weighted by Crippen LogP contribution is -2.36. The van der Waals surface area contributed by atoms with E-state index in [1.807, 2.05) is 18.2 Å². The summed E-state index contributed by atoms with van der Waals surface area (Å²) in [4.78, 5) is 3.49. The molecule has 0 saturated carbocycles. The zero-order valence-corrected chi connectivity index (χ0v) is 11.9. The first-order chi connectivity index (χ1) is 8.75. The molecule has 1 N–H and O–H groups in total. The fraction of sp³-hybridized carbons (Fsp3) is 0.533. The van der Waals surface area contributed by atoms with Crippen molar-refractivity contribution in [3.63, 3.8) is 0 Å². The van der Waals surface area contributed by atoms with Crippen LogP contribution in [0.25, 0.3) is 0 Å². The number of hydrogen-bond acceptors (Lipinski definition) is 2. The number of benzene rings is 1. The van der Waals surface area contributed by atoms with Gasteiger partial charge in [0.05, 0.1) is 4.99 Å². The molecule has 1 heterocycles. The van der Waals surface area contributed by atoms with E-state index in [1.165, 1.54) is 32.4 Å². The number of thiocarbonyl (C=S) groups is 1. The van der Waals surface area contributed by atoms with Crippen LogP contribution in [-0.2, 0) is 0 Å². The number of rotatable bonds is 4. The SMILES string of the molecule is CC(CN1CCCCC1)C(=S)Nc1ccccc1. The molecule has 2 nitrogen and oxygen atoms in total. The maximum atomic E-state index is 5.49. The van der Waals surface area contributed by atoms with Crippen molar-refractivity contribution in [2.45, 2.75) is 26.2 Å². The Morgan fingerprint density at radius 2 is 1.89 bits per heavy atom. The average Bonchev–Trinajstić information content (AvgIpc) is 2.41. The highest BCUT2D eigenvalue weighted by molar-refractivity contribution is 7.80. The van der Waals surface area contributed by atoms with E-state index >= 15 is 0 Å². The Balaban J connectivity index is 1.81. The molecule has 3 heteroatoms. The van der Waals surface area contributed by atoms with Crippen LogP contribution in [0.1, 0.15) is 26.2 Å². The number of anilines is 1. The van der Waals surface area contributed by atoms with Crippen LogP contribution in [0.2, 0.25) is 0 Å². The van der Waals surface area contributed by atoms with E-state index in [2.05, 4.69) is 29.3 Å². The quantitative estimate of drug-likeness (QED) is 0.835. The van der Waals surface area contributed by atoms with E-state index in [0.717, 1.165) is 17.2 Å². The van der Waals surface area contributed by atoms with Gasteiger partial charge in [0, 0.05) is 18.2 Å². The Kier molecular flexibility index (Phi) is 5.14. The predicted octanol–water partition coefficient (Wildman–Crippen LogP) is 3.55. The second-order valence-corrected chi connectivity index (χ2v) is 5.56. The molecule has 1 aromatic rings. The second-order valence-electron chi connectivity index (χ2n) is 5.12. The Hall–Kier alpha value is -0.930. The van der Waals surface area contributed by atoms with Gasteiger partial charge in [-0.15, -0.1) is 0 Å². The van der Waals surface area contributed by atoms with Crippen LogP contribution in [0, 0.1) is 5.92 Å². The summed E-state index contributed by atoms with van der Waals surface area (Å²) in [6.07, 6.45) is 4.06. The maximum absolute atomic E-state index is 5.49. The van der Waals surface area contributed by atoms with Crippen LogP contribution >= 0.6 is 12.2 Å². The van der Waals surface area contributed by atoms with E-state index in [-0.39, 0.29) is 0 Å². The second kappa shape index (κ2) is 6.86. The number of piperidine rings is 1. The van der Waals surface area contributed by atoms with Gasteiger partial charge in [0.1, 0.15) is 0 Å². The number of likely N-dealkylation sites (tertiary alicyclic amines) is 1. The van der Waals surface area contributed by atoms with Crippen molar-refractivity contribution in [2.24, 2.45) is 5.92 Å². The summed E-state index contributed by atoms with van der Waals surface area (Å²) in [7, 11) is 0. The molecule has 98 valence electrons. The zero-order chi connectivity index (χ0) is 12.8. The van der Waals surface area contributed by atoms with Crippen LogP contribution in [-0.4, -0.2) is 29.5 Å². The topological polar surface area (TPSA) is 15.3 Å². The van der Waals surface area contributed by atoms with Crippen molar-refractivity contribution < 1.29 is 0 Å². The molecule has 0 bridgehead atoms. The molecule has 18 heavy (non-hydrogen) atoms. The largest absolute Gasteiger partial charge is 0.350 e. The Labute approximate surface area is 115 Å². The molecule has 1 fully saturated rings. The Morgan fingerprint density at radius 1 is 1.22 bits per heavy atom. The normalized spacial score (nSPS) is 18.3. The molecule has 1 saturated heterocycles. The molecule has 1 aliphatic rings. The number of nitrogens with zero attached hydrogens (tertiary/aromatic N) is 1. The molecule has 0 radical (unpaired) electrons. The first-order valence-electron chi connectivity index (χ1n) is 6.84. The molecule has 0 spiro atoms. The van der Waals surface area contributed by atoms with Crippen molar-refractivity contribution in [1.29, 1.82) is 0 Å². The van der Waals surface area contributed by atoms with Gasteiger partial charge in [0.25, 0.3) is 0 Å².